The van der Waals surface area contributed by atoms with Crippen molar-refractivity contribution in [2.45, 2.75) is 13.0 Å². The van der Waals surface area contributed by atoms with E-state index in [4.69, 9.17) is 4.84 Å². The van der Waals surface area contributed by atoms with Crippen molar-refractivity contribution < 1.29 is 19.8 Å². The molecule has 3 aromatic rings. The van der Waals surface area contributed by atoms with Crippen LogP contribution < -0.4 is 4.84 Å². The molecule has 132 valence electrons. The van der Waals surface area contributed by atoms with E-state index in [1.807, 2.05) is 37.3 Å². The summed E-state index contributed by atoms with van der Waals surface area (Å²) in [7, 11) is 0. The van der Waals surface area contributed by atoms with Crippen LogP contribution in [-0.2, 0) is 0 Å². The van der Waals surface area contributed by atoms with Crippen molar-refractivity contribution in [3.05, 3.63) is 71.9 Å². The molecule has 1 aromatic carbocycles. The molecule has 0 radical (unpaired) electrons. The molecule has 3 rings (SSSR count). The molecule has 0 spiro atoms. The summed E-state index contributed by atoms with van der Waals surface area (Å²) in [6.45, 7) is 1.92. The van der Waals surface area contributed by atoms with Gasteiger partial charge in [0.25, 0.3) is 0 Å². The Bertz CT molecular complexity index is 901. The zero-order valence-corrected chi connectivity index (χ0v) is 13.9. The summed E-state index contributed by atoms with van der Waals surface area (Å²) in [4.78, 5) is 20.9. The standard InChI is InChI=1S/C18H16N4O4/c1-12(13-5-3-2-4-6-13)20-21-15-8-7-14(11-19-15)18(25)26-22-16(23)9-10-17(22)24/h2-12,23-24H,1H3. The number of rotatable bonds is 5. The average Bonchev–Trinajstić information content (AvgIpc) is 2.99. The van der Waals surface area contributed by atoms with Gasteiger partial charge in [0.15, 0.2) is 5.82 Å². The Labute approximate surface area is 149 Å². The second kappa shape index (κ2) is 7.47. The maximum atomic E-state index is 12.0. The predicted molar refractivity (Wildman–Crippen MR) is 92.3 cm³/mol. The largest absolute Gasteiger partial charge is 0.492 e. The lowest BCUT2D eigenvalue weighted by Gasteiger charge is -2.06. The third-order valence-electron chi connectivity index (χ3n) is 3.57. The Kier molecular flexibility index (Phi) is 4.93. The van der Waals surface area contributed by atoms with Gasteiger partial charge < -0.3 is 15.1 Å². The monoisotopic (exact) mass is 352 g/mol. The molecule has 26 heavy (non-hydrogen) atoms. The van der Waals surface area contributed by atoms with E-state index in [1.54, 1.807) is 0 Å². The van der Waals surface area contributed by atoms with E-state index >= 15 is 0 Å². The molecule has 1 atom stereocenters. The first kappa shape index (κ1) is 17.2. The van der Waals surface area contributed by atoms with Crippen LogP contribution in [0.25, 0.3) is 0 Å². The van der Waals surface area contributed by atoms with E-state index in [9.17, 15) is 15.0 Å². The third-order valence-corrected chi connectivity index (χ3v) is 3.57. The van der Waals surface area contributed by atoms with Gasteiger partial charge in [0.2, 0.25) is 11.8 Å². The number of azo groups is 1. The van der Waals surface area contributed by atoms with Crippen molar-refractivity contribution in [2.24, 2.45) is 10.2 Å². The smallest absolute Gasteiger partial charge is 0.365 e. The number of nitrogens with zero attached hydrogens (tertiary/aromatic N) is 4. The van der Waals surface area contributed by atoms with Crippen LogP contribution in [0.2, 0.25) is 0 Å². The van der Waals surface area contributed by atoms with E-state index in [1.165, 1.54) is 30.5 Å². The van der Waals surface area contributed by atoms with Gasteiger partial charge in [0.1, 0.15) is 0 Å². The van der Waals surface area contributed by atoms with Gasteiger partial charge >= 0.3 is 5.97 Å². The summed E-state index contributed by atoms with van der Waals surface area (Å²) in [5.74, 6) is -1.25. The first-order valence-electron chi connectivity index (χ1n) is 7.79. The van der Waals surface area contributed by atoms with Gasteiger partial charge in [-0.25, -0.2) is 9.78 Å². The molecule has 1 unspecified atom stereocenters. The van der Waals surface area contributed by atoms with Crippen LogP contribution in [0.1, 0.15) is 28.9 Å². The molecule has 0 saturated heterocycles. The van der Waals surface area contributed by atoms with E-state index in [0.29, 0.717) is 10.5 Å². The van der Waals surface area contributed by atoms with Crippen molar-refractivity contribution in [1.82, 2.24) is 9.71 Å². The highest BCUT2D eigenvalue weighted by molar-refractivity contribution is 5.89. The molecule has 0 saturated carbocycles. The van der Waals surface area contributed by atoms with Gasteiger partial charge in [0.05, 0.1) is 11.6 Å². The second-order valence-electron chi connectivity index (χ2n) is 5.43. The first-order chi connectivity index (χ1) is 12.5. The number of carbonyl (C=O) groups excluding carboxylic acids is 1. The van der Waals surface area contributed by atoms with Gasteiger partial charge in [-0.2, -0.15) is 5.11 Å². The molecule has 2 heterocycles. The molecule has 2 N–H and O–H groups in total. The topological polar surface area (TPSA) is 109 Å². The number of aromatic nitrogens is 2. The minimum Gasteiger partial charge on any atom is -0.492 e. The van der Waals surface area contributed by atoms with E-state index in [0.717, 1.165) is 5.56 Å². The van der Waals surface area contributed by atoms with Crippen LogP contribution in [0.15, 0.2) is 71.0 Å². The quantitative estimate of drug-likeness (QED) is 0.684. The lowest BCUT2D eigenvalue weighted by Crippen LogP contribution is -2.19. The van der Waals surface area contributed by atoms with Crippen LogP contribution >= 0.6 is 0 Å². The molecule has 0 aliphatic heterocycles. The molecule has 8 heteroatoms. The van der Waals surface area contributed by atoms with Crippen molar-refractivity contribution in [3.63, 3.8) is 0 Å². The average molecular weight is 352 g/mol. The SMILES string of the molecule is CC(N=Nc1ccc(C(=O)On2c(O)ccc2O)cn1)c1ccccc1. The second-order valence-corrected chi connectivity index (χ2v) is 5.43. The summed E-state index contributed by atoms with van der Waals surface area (Å²) in [6.07, 6.45) is 1.28. The third kappa shape index (κ3) is 3.86. The Morgan fingerprint density at radius 3 is 2.38 bits per heavy atom. The highest BCUT2D eigenvalue weighted by atomic mass is 16.7. The fraction of sp³-hybridized carbons (Fsp3) is 0.111. The number of hydrogen-bond acceptors (Lipinski definition) is 7. The lowest BCUT2D eigenvalue weighted by molar-refractivity contribution is 0.0381. The summed E-state index contributed by atoms with van der Waals surface area (Å²) >= 11 is 0. The van der Waals surface area contributed by atoms with Crippen LogP contribution in [-0.4, -0.2) is 25.9 Å². The Balaban J connectivity index is 1.66. The zero-order chi connectivity index (χ0) is 18.5. The number of hydrogen-bond donors (Lipinski definition) is 2. The van der Waals surface area contributed by atoms with Gasteiger partial charge in [-0.3, -0.25) is 0 Å². The van der Waals surface area contributed by atoms with Crippen LogP contribution in [0.4, 0.5) is 5.82 Å². The number of pyridine rings is 1. The Morgan fingerprint density at radius 2 is 1.77 bits per heavy atom. The molecule has 0 bridgehead atoms. The zero-order valence-electron chi connectivity index (χ0n) is 13.9. The number of benzene rings is 1. The molecule has 8 nitrogen and oxygen atoms in total. The fourth-order valence-corrected chi connectivity index (χ4v) is 2.14. The van der Waals surface area contributed by atoms with E-state index < -0.39 is 17.7 Å². The number of aromatic hydroxyl groups is 2. The molecular weight excluding hydrogens is 336 g/mol. The van der Waals surface area contributed by atoms with Crippen molar-refractivity contribution in [1.29, 1.82) is 0 Å². The van der Waals surface area contributed by atoms with Gasteiger partial charge in [-0.05, 0) is 24.6 Å². The normalized spacial score (nSPS) is 12.2. The molecule has 0 fully saturated rings. The fourth-order valence-electron chi connectivity index (χ4n) is 2.14. The van der Waals surface area contributed by atoms with Gasteiger partial charge in [0, 0.05) is 18.3 Å². The molecule has 0 aliphatic carbocycles. The minimum absolute atomic E-state index is 0.123. The predicted octanol–water partition coefficient (Wildman–Crippen LogP) is 3.41. The maximum Gasteiger partial charge on any atom is 0.365 e. The van der Waals surface area contributed by atoms with Crippen molar-refractivity contribution in [2.75, 3.05) is 0 Å². The molecule has 0 amide bonds. The lowest BCUT2D eigenvalue weighted by atomic mass is 10.1. The van der Waals surface area contributed by atoms with Crippen LogP contribution in [0.3, 0.4) is 0 Å². The van der Waals surface area contributed by atoms with Crippen LogP contribution in [0.5, 0.6) is 11.8 Å². The highest BCUT2D eigenvalue weighted by Crippen LogP contribution is 2.21. The Morgan fingerprint density at radius 1 is 1.08 bits per heavy atom. The van der Waals surface area contributed by atoms with E-state index in [-0.39, 0.29) is 11.6 Å². The summed E-state index contributed by atoms with van der Waals surface area (Å²) < 4.78 is 0.609. The van der Waals surface area contributed by atoms with Crippen molar-refractivity contribution in [3.8, 4) is 11.8 Å². The summed E-state index contributed by atoms with van der Waals surface area (Å²) in [6, 6.07) is 15.0. The number of carbonyl (C=O) groups is 1. The summed E-state index contributed by atoms with van der Waals surface area (Å²) in [5.41, 5.74) is 1.16. The first-order valence-corrected chi connectivity index (χ1v) is 7.79. The maximum absolute atomic E-state index is 12.0. The van der Waals surface area contributed by atoms with Gasteiger partial charge in [-0.1, -0.05) is 30.3 Å². The summed E-state index contributed by atoms with van der Waals surface area (Å²) in [5, 5.41) is 27.2. The molecule has 0 aliphatic rings. The molecule has 2 aromatic heterocycles. The minimum atomic E-state index is -0.791. The van der Waals surface area contributed by atoms with Gasteiger partial charge in [-0.15, -0.1) is 9.84 Å². The van der Waals surface area contributed by atoms with E-state index in [2.05, 4.69) is 15.2 Å². The van der Waals surface area contributed by atoms with Crippen molar-refractivity contribution >= 4 is 11.8 Å². The Hall–Kier alpha value is -3.68. The highest BCUT2D eigenvalue weighted by Gasteiger charge is 2.14. The molecular formula is C18H16N4O4. The van der Waals surface area contributed by atoms with Crippen LogP contribution in [0, 0.1) is 0 Å².